The van der Waals surface area contributed by atoms with Crippen molar-refractivity contribution in [1.82, 2.24) is 14.5 Å². The summed E-state index contributed by atoms with van der Waals surface area (Å²) in [6, 6.07) is 1.78. The van der Waals surface area contributed by atoms with Crippen LogP contribution in [-0.2, 0) is 0 Å². The Labute approximate surface area is 74.5 Å². The van der Waals surface area contributed by atoms with E-state index in [4.69, 9.17) is 0 Å². The number of imidazole rings is 1. The maximum absolute atomic E-state index is 11.4. The topological polar surface area (TPSA) is 50.7 Å². The molecule has 66 valence electrons. The molecule has 0 unspecified atom stereocenters. The lowest BCUT2D eigenvalue weighted by atomic mass is 10.4. The Morgan fingerprint density at radius 1 is 1.69 bits per heavy atom. The molecule has 2 heterocycles. The molecule has 0 aliphatic carbocycles. The Kier molecular flexibility index (Phi) is 1.55. The standard InChI is InChI=1S/C9H9N3O/c1-6(2)12-8-3-4-10-5-7(8)11-9(12)13/h3-5H,1H2,2H3,(H,11,13). The molecule has 0 spiro atoms. The Balaban J connectivity index is 2.95. The summed E-state index contributed by atoms with van der Waals surface area (Å²) >= 11 is 0. The Morgan fingerprint density at radius 2 is 2.46 bits per heavy atom. The molecular weight excluding hydrogens is 166 g/mol. The van der Waals surface area contributed by atoms with Gasteiger partial charge in [0.2, 0.25) is 0 Å². The van der Waals surface area contributed by atoms with Crippen LogP contribution in [0.2, 0.25) is 0 Å². The number of aromatic amines is 1. The maximum atomic E-state index is 11.4. The summed E-state index contributed by atoms with van der Waals surface area (Å²) in [6.45, 7) is 5.52. The molecule has 2 aromatic heterocycles. The summed E-state index contributed by atoms with van der Waals surface area (Å²) in [5, 5.41) is 0. The third kappa shape index (κ3) is 1.07. The fourth-order valence-corrected chi connectivity index (χ4v) is 1.34. The average Bonchev–Trinajstić information content (AvgIpc) is 2.39. The van der Waals surface area contributed by atoms with Crippen molar-refractivity contribution in [2.24, 2.45) is 0 Å². The van der Waals surface area contributed by atoms with E-state index in [0.717, 1.165) is 11.0 Å². The Morgan fingerprint density at radius 3 is 3.15 bits per heavy atom. The fraction of sp³-hybridized carbons (Fsp3) is 0.111. The smallest absolute Gasteiger partial charge is 0.304 e. The van der Waals surface area contributed by atoms with Gasteiger partial charge in [-0.15, -0.1) is 0 Å². The van der Waals surface area contributed by atoms with Gasteiger partial charge in [0.05, 0.1) is 17.2 Å². The summed E-state index contributed by atoms with van der Waals surface area (Å²) in [4.78, 5) is 18.0. The lowest BCUT2D eigenvalue weighted by Gasteiger charge is -1.98. The third-order valence-corrected chi connectivity index (χ3v) is 1.87. The van der Waals surface area contributed by atoms with Crippen LogP contribution < -0.4 is 5.69 Å². The number of pyridine rings is 1. The second kappa shape index (κ2) is 2.58. The number of allylic oxidation sites excluding steroid dienone is 1. The van der Waals surface area contributed by atoms with Crippen LogP contribution in [0.1, 0.15) is 6.92 Å². The molecule has 0 saturated heterocycles. The van der Waals surface area contributed by atoms with Crippen LogP contribution in [0.4, 0.5) is 0 Å². The minimum atomic E-state index is -0.171. The second-order valence-corrected chi connectivity index (χ2v) is 2.89. The lowest BCUT2D eigenvalue weighted by molar-refractivity contribution is 1.04. The maximum Gasteiger partial charge on any atom is 0.330 e. The molecule has 2 aromatic rings. The zero-order valence-corrected chi connectivity index (χ0v) is 7.24. The van der Waals surface area contributed by atoms with Crippen LogP contribution in [0.5, 0.6) is 0 Å². The quantitative estimate of drug-likeness (QED) is 0.708. The predicted molar refractivity (Wildman–Crippen MR) is 51.4 cm³/mol. The fourth-order valence-electron chi connectivity index (χ4n) is 1.34. The van der Waals surface area contributed by atoms with Crippen LogP contribution in [0.3, 0.4) is 0 Å². The molecule has 0 amide bonds. The molecule has 0 aromatic carbocycles. The number of hydrogen-bond donors (Lipinski definition) is 1. The molecule has 1 N–H and O–H groups in total. The number of hydrogen-bond acceptors (Lipinski definition) is 2. The zero-order valence-electron chi connectivity index (χ0n) is 7.24. The number of fused-ring (bicyclic) bond motifs is 1. The number of nitrogens with one attached hydrogen (secondary N) is 1. The molecular formula is C9H9N3O. The first kappa shape index (κ1) is 7.79. The van der Waals surface area contributed by atoms with Gasteiger partial charge in [0.25, 0.3) is 0 Å². The highest BCUT2D eigenvalue weighted by molar-refractivity contribution is 5.77. The van der Waals surface area contributed by atoms with Crippen LogP contribution >= 0.6 is 0 Å². The molecule has 13 heavy (non-hydrogen) atoms. The van der Waals surface area contributed by atoms with Gasteiger partial charge >= 0.3 is 5.69 Å². The van der Waals surface area contributed by atoms with Crippen molar-refractivity contribution in [2.45, 2.75) is 6.92 Å². The molecule has 0 atom stereocenters. The summed E-state index contributed by atoms with van der Waals surface area (Å²) in [7, 11) is 0. The average molecular weight is 175 g/mol. The molecule has 0 fully saturated rings. The predicted octanol–water partition coefficient (Wildman–Crippen LogP) is 1.22. The van der Waals surface area contributed by atoms with Crippen LogP contribution in [0.15, 0.2) is 29.8 Å². The van der Waals surface area contributed by atoms with Crippen molar-refractivity contribution in [3.05, 3.63) is 35.5 Å². The van der Waals surface area contributed by atoms with Gasteiger partial charge in [-0.25, -0.2) is 4.79 Å². The molecule has 0 aliphatic rings. The summed E-state index contributed by atoms with van der Waals surface area (Å²) in [6.07, 6.45) is 3.27. The van der Waals surface area contributed by atoms with E-state index in [2.05, 4.69) is 16.5 Å². The Bertz CT molecular complexity index is 521. The van der Waals surface area contributed by atoms with Crippen LogP contribution in [-0.4, -0.2) is 14.5 Å². The van der Waals surface area contributed by atoms with Gasteiger partial charge in [0.15, 0.2) is 0 Å². The van der Waals surface area contributed by atoms with E-state index < -0.39 is 0 Å². The molecule has 2 rings (SSSR count). The van der Waals surface area contributed by atoms with Gasteiger partial charge in [-0.2, -0.15) is 0 Å². The minimum absolute atomic E-state index is 0.171. The highest BCUT2D eigenvalue weighted by Crippen LogP contribution is 2.10. The normalized spacial score (nSPS) is 10.5. The number of aromatic nitrogens is 3. The molecule has 4 heteroatoms. The molecule has 0 aliphatic heterocycles. The highest BCUT2D eigenvalue weighted by atomic mass is 16.1. The SMILES string of the molecule is C=C(C)n1c(=O)[nH]c2cnccc21. The van der Waals surface area contributed by atoms with Crippen LogP contribution in [0.25, 0.3) is 16.7 Å². The number of rotatable bonds is 1. The van der Waals surface area contributed by atoms with Crippen molar-refractivity contribution < 1.29 is 0 Å². The first-order valence-electron chi connectivity index (χ1n) is 3.91. The summed E-state index contributed by atoms with van der Waals surface area (Å²) < 4.78 is 1.52. The van der Waals surface area contributed by atoms with Crippen molar-refractivity contribution in [1.29, 1.82) is 0 Å². The van der Waals surface area contributed by atoms with E-state index >= 15 is 0 Å². The van der Waals surface area contributed by atoms with Gasteiger partial charge in [0.1, 0.15) is 0 Å². The van der Waals surface area contributed by atoms with Gasteiger partial charge in [-0.3, -0.25) is 9.55 Å². The van der Waals surface area contributed by atoms with Crippen molar-refractivity contribution in [3.63, 3.8) is 0 Å². The van der Waals surface area contributed by atoms with Crippen molar-refractivity contribution in [3.8, 4) is 0 Å². The van der Waals surface area contributed by atoms with Gasteiger partial charge in [-0.05, 0) is 13.0 Å². The van der Waals surface area contributed by atoms with E-state index in [1.54, 1.807) is 25.4 Å². The molecule has 0 saturated carbocycles. The monoisotopic (exact) mass is 175 g/mol. The number of nitrogens with zero attached hydrogens (tertiary/aromatic N) is 2. The molecule has 0 radical (unpaired) electrons. The molecule has 4 nitrogen and oxygen atoms in total. The van der Waals surface area contributed by atoms with Gasteiger partial charge in [-0.1, -0.05) is 6.58 Å². The lowest BCUT2D eigenvalue weighted by Crippen LogP contribution is -2.13. The zero-order chi connectivity index (χ0) is 9.42. The van der Waals surface area contributed by atoms with Crippen molar-refractivity contribution in [2.75, 3.05) is 0 Å². The summed E-state index contributed by atoms with van der Waals surface area (Å²) in [5.41, 5.74) is 2.07. The van der Waals surface area contributed by atoms with Crippen molar-refractivity contribution >= 4 is 16.7 Å². The van der Waals surface area contributed by atoms with E-state index in [9.17, 15) is 4.79 Å². The molecule has 0 bridgehead atoms. The first-order chi connectivity index (χ1) is 6.20. The van der Waals surface area contributed by atoms with Crippen LogP contribution in [0, 0.1) is 0 Å². The summed E-state index contributed by atoms with van der Waals surface area (Å²) in [5.74, 6) is 0. The highest BCUT2D eigenvalue weighted by Gasteiger charge is 2.05. The van der Waals surface area contributed by atoms with Gasteiger partial charge < -0.3 is 4.98 Å². The minimum Gasteiger partial charge on any atom is -0.304 e. The first-order valence-corrected chi connectivity index (χ1v) is 3.91. The number of H-pyrrole nitrogens is 1. The van der Waals surface area contributed by atoms with E-state index in [-0.39, 0.29) is 5.69 Å². The van der Waals surface area contributed by atoms with E-state index in [0.29, 0.717) is 5.70 Å². The van der Waals surface area contributed by atoms with E-state index in [1.807, 2.05) is 0 Å². The third-order valence-electron chi connectivity index (χ3n) is 1.87. The van der Waals surface area contributed by atoms with E-state index in [1.165, 1.54) is 4.57 Å². The largest absolute Gasteiger partial charge is 0.330 e. The second-order valence-electron chi connectivity index (χ2n) is 2.89. The van der Waals surface area contributed by atoms with Gasteiger partial charge in [0, 0.05) is 11.9 Å². The Hall–Kier alpha value is -1.84.